The van der Waals surface area contributed by atoms with Crippen LogP contribution in [0.2, 0.25) is 0 Å². The molecule has 1 unspecified atom stereocenters. The summed E-state index contributed by atoms with van der Waals surface area (Å²) in [7, 11) is 0. The molecule has 1 aliphatic rings. The van der Waals surface area contributed by atoms with E-state index >= 15 is 0 Å². The number of benzene rings is 1. The highest BCUT2D eigenvalue weighted by atomic mass is 79.9. The van der Waals surface area contributed by atoms with Gasteiger partial charge in [-0.15, -0.1) is 0 Å². The molecule has 0 fully saturated rings. The van der Waals surface area contributed by atoms with Gasteiger partial charge in [-0.1, -0.05) is 22.0 Å². The van der Waals surface area contributed by atoms with Crippen molar-refractivity contribution in [1.82, 2.24) is 0 Å². The Morgan fingerprint density at radius 3 is 3.08 bits per heavy atom. The number of alkyl halides is 1. The van der Waals surface area contributed by atoms with E-state index in [1.54, 1.807) is 18.2 Å². The Hall–Kier alpha value is -0.900. The van der Waals surface area contributed by atoms with Gasteiger partial charge < -0.3 is 4.74 Å². The number of hydrogen-bond donors (Lipinski definition) is 0. The van der Waals surface area contributed by atoms with Crippen LogP contribution in [0.3, 0.4) is 0 Å². The maximum atomic E-state index is 12.9. The molecular formula is C9H6BrFO2. The summed E-state index contributed by atoms with van der Waals surface area (Å²) in [5.41, 5.74) is 0.732. The van der Waals surface area contributed by atoms with E-state index in [1.807, 2.05) is 0 Å². The molecule has 68 valence electrons. The fraction of sp³-hybridized carbons (Fsp3) is 0.222. The van der Waals surface area contributed by atoms with Gasteiger partial charge in [0.1, 0.15) is 5.75 Å². The molecule has 4 heteroatoms. The van der Waals surface area contributed by atoms with Crippen molar-refractivity contribution in [3.63, 3.8) is 0 Å². The van der Waals surface area contributed by atoms with Gasteiger partial charge in [0.05, 0.1) is 0 Å². The Kier molecular flexibility index (Phi) is 2.07. The Labute approximate surface area is 82.8 Å². The van der Waals surface area contributed by atoms with Crippen LogP contribution < -0.4 is 4.74 Å². The second kappa shape index (κ2) is 3.10. The van der Waals surface area contributed by atoms with E-state index < -0.39 is 12.1 Å². The van der Waals surface area contributed by atoms with Crippen molar-refractivity contribution in [3.05, 3.63) is 28.2 Å². The van der Waals surface area contributed by atoms with Gasteiger partial charge in [-0.2, -0.15) is 0 Å². The molecule has 0 saturated heterocycles. The summed E-state index contributed by atoms with van der Waals surface area (Å²) in [6.07, 6.45) is -1.41. The minimum absolute atomic E-state index is 0.113. The summed E-state index contributed by atoms with van der Waals surface area (Å²) in [6.45, 7) is 0. The number of carbonyl (C=O) groups excluding carboxylic acids is 1. The maximum absolute atomic E-state index is 12.9. The van der Waals surface area contributed by atoms with Gasteiger partial charge >= 0.3 is 5.97 Å². The monoisotopic (exact) mass is 244 g/mol. The van der Waals surface area contributed by atoms with E-state index in [4.69, 9.17) is 4.74 Å². The molecule has 1 aromatic rings. The van der Waals surface area contributed by atoms with E-state index in [2.05, 4.69) is 15.9 Å². The number of halogens is 2. The van der Waals surface area contributed by atoms with Gasteiger partial charge in [0.2, 0.25) is 6.17 Å². The maximum Gasteiger partial charge on any atom is 0.346 e. The molecule has 1 heterocycles. The number of esters is 1. The minimum Gasteiger partial charge on any atom is -0.424 e. The molecular weight excluding hydrogens is 239 g/mol. The second-order valence-electron chi connectivity index (χ2n) is 2.84. The second-order valence-corrected chi connectivity index (χ2v) is 3.76. The first-order chi connectivity index (χ1) is 6.16. The molecule has 0 amide bonds. The summed E-state index contributed by atoms with van der Waals surface area (Å²) in [4.78, 5) is 10.9. The van der Waals surface area contributed by atoms with E-state index in [1.165, 1.54) is 0 Å². The van der Waals surface area contributed by atoms with Crippen LogP contribution in [-0.4, -0.2) is 12.1 Å². The van der Waals surface area contributed by atoms with Crippen LogP contribution in [0.5, 0.6) is 5.75 Å². The quantitative estimate of drug-likeness (QED) is 0.517. The van der Waals surface area contributed by atoms with E-state index in [0.29, 0.717) is 5.75 Å². The number of carbonyl (C=O) groups is 1. The van der Waals surface area contributed by atoms with Crippen molar-refractivity contribution in [2.45, 2.75) is 12.6 Å². The Morgan fingerprint density at radius 2 is 2.31 bits per heavy atom. The summed E-state index contributed by atoms with van der Waals surface area (Å²) in [5.74, 6) is -0.348. The Balaban J connectivity index is 2.42. The van der Waals surface area contributed by atoms with Crippen molar-refractivity contribution in [3.8, 4) is 5.75 Å². The molecule has 0 bridgehead atoms. The lowest BCUT2D eigenvalue weighted by atomic mass is 10.1. The lowest BCUT2D eigenvalue weighted by molar-refractivity contribution is -0.141. The highest BCUT2D eigenvalue weighted by Crippen LogP contribution is 2.29. The molecule has 0 N–H and O–H groups in total. The summed E-state index contributed by atoms with van der Waals surface area (Å²) in [6, 6.07) is 5.21. The van der Waals surface area contributed by atoms with Gasteiger partial charge in [-0.3, -0.25) is 0 Å². The lowest BCUT2D eigenvalue weighted by Gasteiger charge is -2.18. The van der Waals surface area contributed by atoms with Crippen LogP contribution in [0.15, 0.2) is 22.7 Å². The summed E-state index contributed by atoms with van der Waals surface area (Å²) < 4.78 is 18.5. The van der Waals surface area contributed by atoms with Crippen LogP contribution in [0.4, 0.5) is 4.39 Å². The third-order valence-corrected chi connectivity index (χ3v) is 2.39. The fourth-order valence-corrected chi connectivity index (χ4v) is 1.58. The van der Waals surface area contributed by atoms with E-state index in [9.17, 15) is 9.18 Å². The molecule has 2 nitrogen and oxygen atoms in total. The SMILES string of the molecule is O=C1Oc2cc(Br)ccc2CC1F. The standard InChI is InChI=1S/C9H6BrFO2/c10-6-2-1-5-3-7(11)9(12)13-8(5)4-6/h1-2,4,7H,3H2. The first-order valence-corrected chi connectivity index (χ1v) is 4.60. The van der Waals surface area contributed by atoms with E-state index in [-0.39, 0.29) is 6.42 Å². The van der Waals surface area contributed by atoms with Crippen LogP contribution >= 0.6 is 15.9 Å². The molecule has 0 aromatic heterocycles. The largest absolute Gasteiger partial charge is 0.424 e. The average Bonchev–Trinajstić information content (AvgIpc) is 2.08. The molecule has 2 rings (SSSR count). The summed E-state index contributed by atoms with van der Waals surface area (Å²) >= 11 is 3.24. The van der Waals surface area contributed by atoms with Crippen LogP contribution in [0.1, 0.15) is 5.56 Å². The van der Waals surface area contributed by atoms with Crippen LogP contribution in [-0.2, 0) is 11.2 Å². The van der Waals surface area contributed by atoms with Gasteiger partial charge in [-0.05, 0) is 17.7 Å². The van der Waals surface area contributed by atoms with Crippen LogP contribution in [0.25, 0.3) is 0 Å². The topological polar surface area (TPSA) is 26.3 Å². The fourth-order valence-electron chi connectivity index (χ4n) is 1.24. The highest BCUT2D eigenvalue weighted by molar-refractivity contribution is 9.10. The zero-order valence-electron chi connectivity index (χ0n) is 6.59. The predicted molar refractivity (Wildman–Crippen MR) is 48.4 cm³/mol. The first-order valence-electron chi connectivity index (χ1n) is 3.81. The minimum atomic E-state index is -1.52. The number of fused-ring (bicyclic) bond motifs is 1. The molecule has 0 aliphatic carbocycles. The third-order valence-electron chi connectivity index (χ3n) is 1.89. The molecule has 0 saturated carbocycles. The van der Waals surface area contributed by atoms with Crippen molar-refractivity contribution in [2.75, 3.05) is 0 Å². The van der Waals surface area contributed by atoms with E-state index in [0.717, 1.165) is 10.0 Å². The zero-order chi connectivity index (χ0) is 9.42. The van der Waals surface area contributed by atoms with Crippen molar-refractivity contribution in [1.29, 1.82) is 0 Å². The van der Waals surface area contributed by atoms with Crippen molar-refractivity contribution >= 4 is 21.9 Å². The van der Waals surface area contributed by atoms with Gasteiger partial charge in [0, 0.05) is 10.9 Å². The first kappa shape index (κ1) is 8.69. The molecule has 0 spiro atoms. The lowest BCUT2D eigenvalue weighted by Crippen LogP contribution is -2.28. The normalized spacial score (nSPS) is 20.8. The number of rotatable bonds is 0. The molecule has 0 radical (unpaired) electrons. The zero-order valence-corrected chi connectivity index (χ0v) is 8.17. The smallest absolute Gasteiger partial charge is 0.346 e. The molecule has 1 aromatic carbocycles. The number of hydrogen-bond acceptors (Lipinski definition) is 2. The molecule has 1 atom stereocenters. The predicted octanol–water partition coefficient (Wildman–Crippen LogP) is 2.25. The molecule has 13 heavy (non-hydrogen) atoms. The summed E-state index contributed by atoms with van der Waals surface area (Å²) in [5, 5.41) is 0. The average molecular weight is 245 g/mol. The van der Waals surface area contributed by atoms with Gasteiger partial charge in [0.15, 0.2) is 0 Å². The Morgan fingerprint density at radius 1 is 1.54 bits per heavy atom. The number of ether oxygens (including phenoxy) is 1. The van der Waals surface area contributed by atoms with Crippen LogP contribution in [0, 0.1) is 0 Å². The van der Waals surface area contributed by atoms with Gasteiger partial charge in [-0.25, -0.2) is 9.18 Å². The van der Waals surface area contributed by atoms with Crippen molar-refractivity contribution < 1.29 is 13.9 Å². The highest BCUT2D eigenvalue weighted by Gasteiger charge is 2.27. The third kappa shape index (κ3) is 1.58. The van der Waals surface area contributed by atoms with Gasteiger partial charge in [0.25, 0.3) is 0 Å². The molecule has 1 aliphatic heterocycles. The Bertz CT molecular complexity index is 365. The van der Waals surface area contributed by atoms with Crippen molar-refractivity contribution in [2.24, 2.45) is 0 Å².